The maximum absolute atomic E-state index is 12.2. The molecule has 0 aliphatic carbocycles. The van der Waals surface area contributed by atoms with Gasteiger partial charge in [-0.15, -0.1) is 0 Å². The Morgan fingerprint density at radius 3 is 2.64 bits per heavy atom. The molecule has 0 aromatic heterocycles. The van der Waals surface area contributed by atoms with Gasteiger partial charge in [0.25, 0.3) is 0 Å². The van der Waals surface area contributed by atoms with Crippen molar-refractivity contribution in [3.8, 4) is 23.0 Å². The number of para-hydroxylation sites is 2. The second-order valence-corrected chi connectivity index (χ2v) is 5.67. The lowest BCUT2D eigenvalue weighted by atomic mass is 10.1. The topological polar surface area (TPSA) is 66.0 Å². The number of benzene rings is 2. The van der Waals surface area contributed by atoms with Crippen molar-refractivity contribution in [3.05, 3.63) is 48.0 Å². The fourth-order valence-corrected chi connectivity index (χ4v) is 2.63. The van der Waals surface area contributed by atoms with E-state index >= 15 is 0 Å². The molecule has 3 rings (SSSR count). The standard InChI is InChI=1S/C19H21NO5/c1-22-15-8-7-13(9-18(15)23-2)10-19(21)20-11-14-12-24-16-5-3-4-6-17(16)25-14/h3-9,14H,10-12H2,1-2H3,(H,20,21)/t14-/m1/s1. The van der Waals surface area contributed by atoms with Crippen molar-refractivity contribution in [2.24, 2.45) is 0 Å². The van der Waals surface area contributed by atoms with Gasteiger partial charge in [0.1, 0.15) is 12.7 Å². The Hall–Kier alpha value is -2.89. The van der Waals surface area contributed by atoms with E-state index in [-0.39, 0.29) is 18.4 Å². The fourth-order valence-electron chi connectivity index (χ4n) is 2.63. The van der Waals surface area contributed by atoms with E-state index in [4.69, 9.17) is 18.9 Å². The third-order valence-corrected chi connectivity index (χ3v) is 3.91. The molecular formula is C19H21NO5. The van der Waals surface area contributed by atoms with Gasteiger partial charge in [0, 0.05) is 0 Å². The van der Waals surface area contributed by atoms with Crippen LogP contribution in [0.1, 0.15) is 5.56 Å². The van der Waals surface area contributed by atoms with Crippen LogP contribution in [-0.2, 0) is 11.2 Å². The molecular weight excluding hydrogens is 322 g/mol. The Morgan fingerprint density at radius 2 is 1.88 bits per heavy atom. The molecule has 0 radical (unpaired) electrons. The third kappa shape index (κ3) is 4.15. The van der Waals surface area contributed by atoms with Gasteiger partial charge in [-0.2, -0.15) is 0 Å². The first-order chi connectivity index (χ1) is 12.2. The first kappa shape index (κ1) is 17.0. The molecule has 25 heavy (non-hydrogen) atoms. The summed E-state index contributed by atoms with van der Waals surface area (Å²) in [5.41, 5.74) is 0.848. The van der Waals surface area contributed by atoms with E-state index < -0.39 is 0 Å². The number of amides is 1. The van der Waals surface area contributed by atoms with Crippen LogP contribution < -0.4 is 24.3 Å². The first-order valence-corrected chi connectivity index (χ1v) is 8.05. The zero-order chi connectivity index (χ0) is 17.6. The van der Waals surface area contributed by atoms with E-state index in [0.717, 1.165) is 11.3 Å². The summed E-state index contributed by atoms with van der Waals surface area (Å²) in [4.78, 5) is 12.2. The summed E-state index contributed by atoms with van der Waals surface area (Å²) in [5, 5.41) is 2.88. The highest BCUT2D eigenvalue weighted by Crippen LogP contribution is 2.30. The van der Waals surface area contributed by atoms with Crippen LogP contribution in [0.15, 0.2) is 42.5 Å². The Morgan fingerprint density at radius 1 is 1.12 bits per heavy atom. The summed E-state index contributed by atoms with van der Waals surface area (Å²) in [5.74, 6) is 2.59. The predicted molar refractivity (Wildman–Crippen MR) is 92.6 cm³/mol. The quantitative estimate of drug-likeness (QED) is 0.871. The number of nitrogens with one attached hydrogen (secondary N) is 1. The van der Waals surface area contributed by atoms with Crippen molar-refractivity contribution in [2.45, 2.75) is 12.5 Å². The SMILES string of the molecule is COc1ccc(CC(=O)NC[C@@H]2COc3ccccc3O2)cc1OC. The minimum absolute atomic E-state index is 0.0883. The van der Waals surface area contributed by atoms with Crippen LogP contribution in [0.4, 0.5) is 0 Å². The molecule has 132 valence electrons. The average Bonchev–Trinajstić information content (AvgIpc) is 2.66. The third-order valence-electron chi connectivity index (χ3n) is 3.91. The predicted octanol–water partition coefficient (Wildman–Crippen LogP) is 2.20. The van der Waals surface area contributed by atoms with Gasteiger partial charge in [-0.05, 0) is 29.8 Å². The lowest BCUT2D eigenvalue weighted by molar-refractivity contribution is -0.120. The number of fused-ring (bicyclic) bond motifs is 1. The number of carbonyl (C=O) groups excluding carboxylic acids is 1. The maximum atomic E-state index is 12.2. The van der Waals surface area contributed by atoms with Crippen molar-refractivity contribution in [1.82, 2.24) is 5.32 Å². The van der Waals surface area contributed by atoms with E-state index in [1.807, 2.05) is 30.3 Å². The summed E-state index contributed by atoms with van der Waals surface area (Å²) >= 11 is 0. The fraction of sp³-hybridized carbons (Fsp3) is 0.316. The van der Waals surface area contributed by atoms with Crippen LogP contribution in [0.2, 0.25) is 0 Å². The minimum Gasteiger partial charge on any atom is -0.493 e. The molecule has 0 saturated carbocycles. The zero-order valence-corrected chi connectivity index (χ0v) is 14.3. The van der Waals surface area contributed by atoms with Crippen LogP contribution in [0.3, 0.4) is 0 Å². The van der Waals surface area contributed by atoms with Crippen LogP contribution in [0.5, 0.6) is 23.0 Å². The largest absolute Gasteiger partial charge is 0.493 e. The van der Waals surface area contributed by atoms with E-state index in [1.54, 1.807) is 26.4 Å². The molecule has 1 atom stereocenters. The van der Waals surface area contributed by atoms with Crippen LogP contribution in [0.25, 0.3) is 0 Å². The van der Waals surface area contributed by atoms with Crippen LogP contribution in [-0.4, -0.2) is 39.4 Å². The number of hydrogen-bond acceptors (Lipinski definition) is 5. The summed E-state index contributed by atoms with van der Waals surface area (Å²) in [6.45, 7) is 0.800. The smallest absolute Gasteiger partial charge is 0.224 e. The lowest BCUT2D eigenvalue weighted by Gasteiger charge is -2.26. The molecule has 2 aromatic carbocycles. The highest BCUT2D eigenvalue weighted by atomic mass is 16.6. The molecule has 1 aliphatic rings. The van der Waals surface area contributed by atoms with E-state index in [2.05, 4.69) is 5.32 Å². The van der Waals surface area contributed by atoms with E-state index in [0.29, 0.717) is 30.4 Å². The Labute approximate surface area is 146 Å². The number of carbonyl (C=O) groups is 1. The normalized spacial score (nSPS) is 15.4. The monoisotopic (exact) mass is 343 g/mol. The number of methoxy groups -OCH3 is 2. The highest BCUT2D eigenvalue weighted by molar-refractivity contribution is 5.78. The first-order valence-electron chi connectivity index (χ1n) is 8.05. The molecule has 0 spiro atoms. The van der Waals surface area contributed by atoms with Crippen LogP contribution >= 0.6 is 0 Å². The van der Waals surface area contributed by atoms with Crippen molar-refractivity contribution >= 4 is 5.91 Å². The Balaban J connectivity index is 1.52. The maximum Gasteiger partial charge on any atom is 0.224 e. The van der Waals surface area contributed by atoms with Crippen molar-refractivity contribution in [2.75, 3.05) is 27.4 Å². The molecule has 2 aromatic rings. The van der Waals surface area contributed by atoms with Gasteiger partial charge >= 0.3 is 0 Å². The second kappa shape index (κ2) is 7.79. The second-order valence-electron chi connectivity index (χ2n) is 5.67. The van der Waals surface area contributed by atoms with Crippen molar-refractivity contribution in [1.29, 1.82) is 0 Å². The van der Waals surface area contributed by atoms with Gasteiger partial charge < -0.3 is 24.3 Å². The molecule has 6 nitrogen and oxygen atoms in total. The van der Waals surface area contributed by atoms with E-state index in [1.165, 1.54) is 0 Å². The minimum atomic E-state index is -0.204. The number of ether oxygens (including phenoxy) is 4. The van der Waals surface area contributed by atoms with Gasteiger partial charge in [-0.1, -0.05) is 18.2 Å². The Bertz CT molecular complexity index is 746. The molecule has 0 unspecified atom stereocenters. The summed E-state index contributed by atoms with van der Waals surface area (Å²) in [6, 6.07) is 12.9. The summed E-state index contributed by atoms with van der Waals surface area (Å²) in [6.07, 6.45) is 0.0501. The number of hydrogen-bond donors (Lipinski definition) is 1. The highest BCUT2D eigenvalue weighted by Gasteiger charge is 2.21. The van der Waals surface area contributed by atoms with Gasteiger partial charge in [0.2, 0.25) is 5.91 Å². The van der Waals surface area contributed by atoms with Gasteiger partial charge in [0.15, 0.2) is 23.0 Å². The molecule has 6 heteroatoms. The summed E-state index contributed by atoms with van der Waals surface area (Å²) in [7, 11) is 3.15. The molecule has 0 bridgehead atoms. The Kier molecular flexibility index (Phi) is 5.28. The molecule has 1 heterocycles. The van der Waals surface area contributed by atoms with Crippen molar-refractivity contribution < 1.29 is 23.7 Å². The molecule has 0 fully saturated rings. The number of rotatable bonds is 6. The van der Waals surface area contributed by atoms with Crippen LogP contribution in [0, 0.1) is 0 Å². The molecule has 0 saturated heterocycles. The van der Waals surface area contributed by atoms with Crippen molar-refractivity contribution in [3.63, 3.8) is 0 Å². The molecule has 1 amide bonds. The van der Waals surface area contributed by atoms with E-state index in [9.17, 15) is 4.79 Å². The van der Waals surface area contributed by atoms with Gasteiger partial charge in [-0.3, -0.25) is 4.79 Å². The average molecular weight is 343 g/mol. The van der Waals surface area contributed by atoms with Gasteiger partial charge in [-0.25, -0.2) is 0 Å². The lowest BCUT2D eigenvalue weighted by Crippen LogP contribution is -2.41. The summed E-state index contributed by atoms with van der Waals surface area (Å²) < 4.78 is 21.9. The molecule has 1 N–H and O–H groups in total. The zero-order valence-electron chi connectivity index (χ0n) is 14.3. The molecule has 1 aliphatic heterocycles. The van der Waals surface area contributed by atoms with Gasteiger partial charge in [0.05, 0.1) is 27.2 Å².